The second-order valence-electron chi connectivity index (χ2n) is 5.15. The summed E-state index contributed by atoms with van der Waals surface area (Å²) in [5.41, 5.74) is 2.19. The molecule has 0 bridgehead atoms. The quantitative estimate of drug-likeness (QED) is 0.514. The Bertz CT molecular complexity index is 674. The van der Waals surface area contributed by atoms with Gasteiger partial charge in [0.15, 0.2) is 0 Å². The van der Waals surface area contributed by atoms with Crippen molar-refractivity contribution in [3.05, 3.63) is 66.7 Å². The first-order chi connectivity index (χ1) is 11.5. The minimum Gasteiger partial charge on any atom is -0.494 e. The molecule has 0 fully saturated rings. The average Bonchev–Trinajstić information content (AvgIpc) is 2.58. The lowest BCUT2D eigenvalue weighted by Crippen LogP contribution is -2.19. The lowest BCUT2D eigenvalue weighted by Gasteiger charge is -2.07. The minimum absolute atomic E-state index is 0.351. The van der Waals surface area contributed by atoms with Gasteiger partial charge in [-0.1, -0.05) is 48.5 Å². The number of hydrogen-bond donors (Lipinski definition) is 0. The SMILES string of the molecule is O=C(/C=C/CCCOc1ccc(-c2ccccc2)cc1)C(F)(F)F. The minimum atomic E-state index is -4.80. The van der Waals surface area contributed by atoms with Gasteiger partial charge in [0.1, 0.15) is 5.75 Å². The van der Waals surface area contributed by atoms with Gasteiger partial charge < -0.3 is 4.74 Å². The monoisotopic (exact) mass is 334 g/mol. The second-order valence-corrected chi connectivity index (χ2v) is 5.15. The molecular weight excluding hydrogens is 317 g/mol. The summed E-state index contributed by atoms with van der Waals surface area (Å²) < 4.78 is 41.5. The predicted molar refractivity (Wildman–Crippen MR) is 86.8 cm³/mol. The molecule has 24 heavy (non-hydrogen) atoms. The molecule has 0 aliphatic carbocycles. The van der Waals surface area contributed by atoms with Gasteiger partial charge in [-0.05, 0) is 42.2 Å². The first-order valence-electron chi connectivity index (χ1n) is 7.53. The van der Waals surface area contributed by atoms with E-state index < -0.39 is 12.0 Å². The molecule has 0 saturated heterocycles. The molecule has 0 unspecified atom stereocenters. The van der Waals surface area contributed by atoms with Crippen LogP contribution < -0.4 is 4.74 Å². The summed E-state index contributed by atoms with van der Waals surface area (Å²) in [6, 6.07) is 17.5. The Hall–Kier alpha value is -2.56. The highest BCUT2D eigenvalue weighted by molar-refractivity contribution is 5.94. The van der Waals surface area contributed by atoms with Crippen LogP contribution in [0.1, 0.15) is 12.8 Å². The van der Waals surface area contributed by atoms with Crippen LogP contribution in [0.3, 0.4) is 0 Å². The highest BCUT2D eigenvalue weighted by Gasteiger charge is 2.35. The van der Waals surface area contributed by atoms with Crippen LogP contribution in [0.15, 0.2) is 66.7 Å². The Labute approximate surface area is 138 Å². The first-order valence-corrected chi connectivity index (χ1v) is 7.53. The highest BCUT2D eigenvalue weighted by Crippen LogP contribution is 2.22. The van der Waals surface area contributed by atoms with E-state index in [0.717, 1.165) is 11.1 Å². The Balaban J connectivity index is 1.74. The number of ether oxygens (including phenoxy) is 1. The summed E-state index contributed by atoms with van der Waals surface area (Å²) >= 11 is 0. The highest BCUT2D eigenvalue weighted by atomic mass is 19.4. The molecule has 0 aliphatic heterocycles. The van der Waals surface area contributed by atoms with E-state index in [9.17, 15) is 18.0 Å². The van der Waals surface area contributed by atoms with Gasteiger partial charge in [-0.2, -0.15) is 13.2 Å². The third kappa shape index (κ3) is 5.57. The van der Waals surface area contributed by atoms with Crippen LogP contribution in [-0.2, 0) is 4.79 Å². The number of carbonyl (C=O) groups is 1. The zero-order valence-corrected chi connectivity index (χ0v) is 12.9. The van der Waals surface area contributed by atoms with E-state index in [4.69, 9.17) is 4.74 Å². The Morgan fingerprint density at radius 2 is 1.58 bits per heavy atom. The zero-order valence-electron chi connectivity index (χ0n) is 12.9. The average molecular weight is 334 g/mol. The number of alkyl halides is 3. The fourth-order valence-electron chi connectivity index (χ4n) is 2.05. The molecule has 2 nitrogen and oxygen atoms in total. The number of carbonyl (C=O) groups excluding carboxylic acids is 1. The Morgan fingerprint density at radius 1 is 0.958 bits per heavy atom. The molecule has 2 aromatic carbocycles. The third-order valence-electron chi connectivity index (χ3n) is 3.29. The molecule has 0 N–H and O–H groups in total. The number of hydrogen-bond acceptors (Lipinski definition) is 2. The standard InChI is InChI=1S/C19H17F3O2/c20-19(21,22)18(23)9-5-2-6-14-24-17-12-10-16(11-13-17)15-7-3-1-4-8-15/h1,3-5,7-13H,2,6,14H2/b9-5+. The predicted octanol–water partition coefficient (Wildman–Crippen LogP) is 5.20. The van der Waals surface area contributed by atoms with Gasteiger partial charge in [0.2, 0.25) is 0 Å². The summed E-state index contributed by atoms with van der Waals surface area (Å²) in [4.78, 5) is 10.6. The first kappa shape index (κ1) is 17.8. The number of ketones is 1. The fraction of sp³-hybridized carbons (Fsp3) is 0.211. The van der Waals surface area contributed by atoms with Crippen LogP contribution in [0.2, 0.25) is 0 Å². The van der Waals surface area contributed by atoms with E-state index in [1.165, 1.54) is 6.08 Å². The molecule has 0 atom stereocenters. The lowest BCUT2D eigenvalue weighted by atomic mass is 10.1. The molecule has 126 valence electrons. The zero-order chi connectivity index (χ0) is 17.4. The number of allylic oxidation sites excluding steroid dienone is 2. The van der Waals surface area contributed by atoms with Crippen LogP contribution in [-0.4, -0.2) is 18.6 Å². The van der Waals surface area contributed by atoms with Crippen molar-refractivity contribution in [1.29, 1.82) is 0 Å². The van der Waals surface area contributed by atoms with Gasteiger partial charge in [-0.15, -0.1) is 0 Å². The van der Waals surface area contributed by atoms with E-state index in [-0.39, 0.29) is 0 Å². The molecule has 0 saturated carbocycles. The van der Waals surface area contributed by atoms with Crippen molar-refractivity contribution in [2.45, 2.75) is 19.0 Å². The molecule has 0 aliphatic rings. The molecular formula is C19H17F3O2. The van der Waals surface area contributed by atoms with Crippen molar-refractivity contribution in [2.75, 3.05) is 6.61 Å². The fourth-order valence-corrected chi connectivity index (χ4v) is 2.05. The molecule has 5 heteroatoms. The van der Waals surface area contributed by atoms with Gasteiger partial charge in [-0.25, -0.2) is 0 Å². The smallest absolute Gasteiger partial charge is 0.454 e. The second kappa shape index (κ2) is 8.34. The van der Waals surface area contributed by atoms with Crippen LogP contribution >= 0.6 is 0 Å². The van der Waals surface area contributed by atoms with E-state index >= 15 is 0 Å². The van der Waals surface area contributed by atoms with Crippen molar-refractivity contribution >= 4 is 5.78 Å². The molecule has 0 radical (unpaired) electrons. The summed E-state index contributed by atoms with van der Waals surface area (Å²) in [5.74, 6) is -1.13. The maximum absolute atomic E-state index is 12.0. The van der Waals surface area contributed by atoms with Crippen LogP contribution in [0.4, 0.5) is 13.2 Å². The number of unbranched alkanes of at least 4 members (excludes halogenated alkanes) is 1. The molecule has 2 aromatic rings. The lowest BCUT2D eigenvalue weighted by molar-refractivity contribution is -0.165. The van der Waals surface area contributed by atoms with Gasteiger partial charge in [0.05, 0.1) is 6.61 Å². The maximum Gasteiger partial charge on any atom is 0.454 e. The molecule has 0 amide bonds. The van der Waals surface area contributed by atoms with Crippen molar-refractivity contribution in [3.63, 3.8) is 0 Å². The Morgan fingerprint density at radius 3 is 2.21 bits per heavy atom. The molecule has 0 aromatic heterocycles. The van der Waals surface area contributed by atoms with Gasteiger partial charge in [0, 0.05) is 0 Å². The van der Waals surface area contributed by atoms with Crippen molar-refractivity contribution < 1.29 is 22.7 Å². The van der Waals surface area contributed by atoms with Gasteiger partial charge >= 0.3 is 6.18 Å². The van der Waals surface area contributed by atoms with Crippen molar-refractivity contribution in [2.24, 2.45) is 0 Å². The Kier molecular flexibility index (Phi) is 6.18. The summed E-state index contributed by atoms with van der Waals surface area (Å²) in [6.45, 7) is 0.370. The van der Waals surface area contributed by atoms with Gasteiger partial charge in [-0.3, -0.25) is 4.79 Å². The van der Waals surface area contributed by atoms with Crippen LogP contribution in [0, 0.1) is 0 Å². The molecule has 2 rings (SSSR count). The van der Waals surface area contributed by atoms with E-state index in [0.29, 0.717) is 31.3 Å². The van der Waals surface area contributed by atoms with Crippen molar-refractivity contribution in [1.82, 2.24) is 0 Å². The summed E-state index contributed by atoms with van der Waals surface area (Å²) in [6.07, 6.45) is -2.13. The number of benzene rings is 2. The van der Waals surface area contributed by atoms with E-state index in [2.05, 4.69) is 0 Å². The van der Waals surface area contributed by atoms with Crippen LogP contribution in [0.5, 0.6) is 5.75 Å². The molecule has 0 heterocycles. The summed E-state index contributed by atoms with van der Waals surface area (Å²) in [7, 11) is 0. The number of halogens is 3. The normalized spacial score (nSPS) is 11.6. The van der Waals surface area contributed by atoms with E-state index in [1.54, 1.807) is 0 Å². The third-order valence-corrected chi connectivity index (χ3v) is 3.29. The topological polar surface area (TPSA) is 26.3 Å². The van der Waals surface area contributed by atoms with Crippen molar-refractivity contribution in [3.8, 4) is 16.9 Å². The van der Waals surface area contributed by atoms with E-state index in [1.807, 2.05) is 54.6 Å². The largest absolute Gasteiger partial charge is 0.494 e. The maximum atomic E-state index is 12.0. The number of rotatable bonds is 7. The van der Waals surface area contributed by atoms with Gasteiger partial charge in [0.25, 0.3) is 5.78 Å². The van der Waals surface area contributed by atoms with Crippen LogP contribution in [0.25, 0.3) is 11.1 Å². The summed E-state index contributed by atoms with van der Waals surface area (Å²) in [5, 5.41) is 0. The molecule has 0 spiro atoms.